The molecule has 102 valence electrons. The molecule has 0 atom stereocenters. The van der Waals surface area contributed by atoms with Crippen molar-refractivity contribution in [2.75, 3.05) is 25.6 Å². The second kappa shape index (κ2) is 5.25. The summed E-state index contributed by atoms with van der Waals surface area (Å²) in [4.78, 5) is -0.0708. The lowest BCUT2D eigenvalue weighted by Crippen LogP contribution is -2.31. The van der Waals surface area contributed by atoms with E-state index in [1.165, 1.54) is 25.2 Å². The zero-order valence-electron chi connectivity index (χ0n) is 10.1. The summed E-state index contributed by atoms with van der Waals surface area (Å²) in [5, 5.41) is 9.24. The van der Waals surface area contributed by atoms with E-state index in [0.717, 1.165) is 16.6 Å². The van der Waals surface area contributed by atoms with Gasteiger partial charge in [-0.1, -0.05) is 6.07 Å². The molecule has 0 heterocycles. The summed E-state index contributed by atoms with van der Waals surface area (Å²) >= 11 is 0. The summed E-state index contributed by atoms with van der Waals surface area (Å²) in [6.45, 7) is -0.128. The van der Waals surface area contributed by atoms with Gasteiger partial charge in [0.05, 0.1) is 10.6 Å². The Morgan fingerprint density at radius 3 is 2.33 bits per heavy atom. The molecule has 0 aliphatic heterocycles. The standard InChI is InChI=1S/C10H15NO5S2/c1-11(6-7-17(2,13)14)18(15,16)10-5-3-4-9(12)8-10/h3-5,8,12H,6-7H2,1-2H3. The summed E-state index contributed by atoms with van der Waals surface area (Å²) < 4.78 is 47.0. The van der Waals surface area contributed by atoms with Crippen LogP contribution in [0.2, 0.25) is 0 Å². The first kappa shape index (κ1) is 14.9. The van der Waals surface area contributed by atoms with Crippen molar-refractivity contribution in [3.63, 3.8) is 0 Å². The second-order valence-corrected chi connectivity index (χ2v) is 8.26. The van der Waals surface area contributed by atoms with Gasteiger partial charge in [-0.2, -0.15) is 4.31 Å². The van der Waals surface area contributed by atoms with Crippen LogP contribution in [0.3, 0.4) is 0 Å². The molecule has 0 bridgehead atoms. The maximum Gasteiger partial charge on any atom is 0.242 e. The van der Waals surface area contributed by atoms with Gasteiger partial charge < -0.3 is 5.11 Å². The summed E-state index contributed by atoms with van der Waals surface area (Å²) in [7, 11) is -5.70. The van der Waals surface area contributed by atoms with E-state index >= 15 is 0 Å². The maximum atomic E-state index is 12.0. The van der Waals surface area contributed by atoms with Gasteiger partial charge >= 0.3 is 0 Å². The summed E-state index contributed by atoms with van der Waals surface area (Å²) in [5.41, 5.74) is 0. The van der Waals surface area contributed by atoms with Crippen LogP contribution in [0, 0.1) is 0 Å². The fourth-order valence-corrected chi connectivity index (χ4v) is 3.17. The molecule has 0 saturated heterocycles. The Morgan fingerprint density at radius 1 is 1.22 bits per heavy atom. The normalized spacial score (nSPS) is 12.8. The highest BCUT2D eigenvalue weighted by Gasteiger charge is 2.21. The number of sulfone groups is 1. The van der Waals surface area contributed by atoms with Gasteiger partial charge in [0.15, 0.2) is 0 Å². The second-order valence-electron chi connectivity index (χ2n) is 3.95. The average molecular weight is 293 g/mol. The van der Waals surface area contributed by atoms with E-state index < -0.39 is 19.9 Å². The highest BCUT2D eigenvalue weighted by Crippen LogP contribution is 2.18. The van der Waals surface area contributed by atoms with Gasteiger partial charge in [-0.15, -0.1) is 0 Å². The van der Waals surface area contributed by atoms with Crippen LogP contribution in [-0.4, -0.2) is 51.8 Å². The van der Waals surface area contributed by atoms with Gasteiger partial charge in [0.25, 0.3) is 0 Å². The van der Waals surface area contributed by atoms with Crippen molar-refractivity contribution in [1.82, 2.24) is 4.31 Å². The number of sulfonamides is 1. The van der Waals surface area contributed by atoms with Gasteiger partial charge in [0.2, 0.25) is 10.0 Å². The summed E-state index contributed by atoms with van der Waals surface area (Å²) in [5.74, 6) is -0.408. The minimum Gasteiger partial charge on any atom is -0.508 e. The fraction of sp³-hybridized carbons (Fsp3) is 0.400. The number of phenolic OH excluding ortho intramolecular Hbond substituents is 1. The van der Waals surface area contributed by atoms with Crippen molar-refractivity contribution in [3.8, 4) is 5.75 Å². The minimum absolute atomic E-state index is 0.0708. The van der Waals surface area contributed by atoms with Gasteiger partial charge in [-0.05, 0) is 18.2 Å². The van der Waals surface area contributed by atoms with Crippen molar-refractivity contribution >= 4 is 19.9 Å². The molecule has 0 spiro atoms. The molecule has 0 unspecified atom stereocenters. The molecule has 1 aromatic carbocycles. The molecule has 0 fully saturated rings. The lowest BCUT2D eigenvalue weighted by Gasteiger charge is -2.16. The van der Waals surface area contributed by atoms with Gasteiger partial charge in [-0.3, -0.25) is 0 Å². The van der Waals surface area contributed by atoms with Gasteiger partial charge in [0.1, 0.15) is 15.6 Å². The van der Waals surface area contributed by atoms with Crippen molar-refractivity contribution in [2.45, 2.75) is 4.90 Å². The summed E-state index contributed by atoms with van der Waals surface area (Å²) in [6, 6.07) is 5.22. The van der Waals surface area contributed by atoms with Crippen LogP contribution in [0.15, 0.2) is 29.2 Å². The molecule has 18 heavy (non-hydrogen) atoms. The van der Waals surface area contributed by atoms with E-state index in [2.05, 4.69) is 0 Å². The zero-order chi connectivity index (χ0) is 14.0. The topological polar surface area (TPSA) is 91.8 Å². The number of hydrogen-bond acceptors (Lipinski definition) is 5. The fourth-order valence-electron chi connectivity index (χ4n) is 1.24. The third-order valence-electron chi connectivity index (χ3n) is 2.30. The molecule has 1 rings (SSSR count). The number of benzene rings is 1. The van der Waals surface area contributed by atoms with E-state index in [0.29, 0.717) is 0 Å². The van der Waals surface area contributed by atoms with Crippen LogP contribution in [0.1, 0.15) is 0 Å². The van der Waals surface area contributed by atoms with Crippen LogP contribution in [0.25, 0.3) is 0 Å². The van der Waals surface area contributed by atoms with Crippen LogP contribution in [-0.2, 0) is 19.9 Å². The zero-order valence-corrected chi connectivity index (χ0v) is 11.7. The minimum atomic E-state index is -3.78. The van der Waals surface area contributed by atoms with Gasteiger partial charge in [0, 0.05) is 19.8 Å². The van der Waals surface area contributed by atoms with E-state index in [1.807, 2.05) is 0 Å². The van der Waals surface area contributed by atoms with Crippen LogP contribution in [0.4, 0.5) is 0 Å². The van der Waals surface area contributed by atoms with E-state index in [1.54, 1.807) is 0 Å². The molecule has 0 aromatic heterocycles. The molecule has 6 nitrogen and oxygen atoms in total. The SMILES string of the molecule is CN(CCS(C)(=O)=O)S(=O)(=O)c1cccc(O)c1. The Morgan fingerprint density at radius 2 is 1.83 bits per heavy atom. The lowest BCUT2D eigenvalue weighted by molar-refractivity contribution is 0.468. The first-order valence-corrected chi connectivity index (χ1v) is 8.56. The first-order chi connectivity index (χ1) is 8.13. The maximum absolute atomic E-state index is 12.0. The van der Waals surface area contributed by atoms with E-state index in [9.17, 15) is 21.9 Å². The Balaban J connectivity index is 2.93. The van der Waals surface area contributed by atoms with Crippen LogP contribution >= 0.6 is 0 Å². The number of rotatable bonds is 5. The largest absolute Gasteiger partial charge is 0.508 e. The monoisotopic (exact) mass is 293 g/mol. The lowest BCUT2D eigenvalue weighted by atomic mass is 10.3. The molecule has 0 aliphatic carbocycles. The molecular weight excluding hydrogens is 278 g/mol. The number of phenols is 1. The molecule has 0 aliphatic rings. The van der Waals surface area contributed by atoms with Gasteiger partial charge in [-0.25, -0.2) is 16.8 Å². The predicted molar refractivity (Wildman–Crippen MR) is 67.6 cm³/mol. The molecule has 0 saturated carbocycles. The molecule has 1 aromatic rings. The van der Waals surface area contributed by atoms with Crippen molar-refractivity contribution < 1.29 is 21.9 Å². The third-order valence-corrected chi connectivity index (χ3v) is 5.08. The van der Waals surface area contributed by atoms with Crippen molar-refractivity contribution in [2.24, 2.45) is 0 Å². The average Bonchev–Trinajstić information content (AvgIpc) is 2.24. The Bertz CT molecular complexity index is 621. The molecule has 0 radical (unpaired) electrons. The third kappa shape index (κ3) is 3.97. The quantitative estimate of drug-likeness (QED) is 0.828. The van der Waals surface area contributed by atoms with Crippen molar-refractivity contribution in [3.05, 3.63) is 24.3 Å². The number of hydrogen-bond donors (Lipinski definition) is 1. The molecule has 1 N–H and O–H groups in total. The van der Waals surface area contributed by atoms with Crippen molar-refractivity contribution in [1.29, 1.82) is 0 Å². The van der Waals surface area contributed by atoms with E-state index in [-0.39, 0.29) is 22.9 Å². The highest BCUT2D eigenvalue weighted by atomic mass is 32.2. The highest BCUT2D eigenvalue weighted by molar-refractivity contribution is 7.91. The smallest absolute Gasteiger partial charge is 0.242 e. The first-order valence-electron chi connectivity index (χ1n) is 5.06. The van der Waals surface area contributed by atoms with Crippen LogP contribution < -0.4 is 0 Å². The summed E-state index contributed by atoms with van der Waals surface area (Å²) in [6.07, 6.45) is 1.04. The molecular formula is C10H15NO5S2. The Labute approximate surface area is 107 Å². The molecule has 8 heteroatoms. The Hall–Kier alpha value is -1.12. The number of nitrogens with zero attached hydrogens (tertiary/aromatic N) is 1. The number of aromatic hydroxyl groups is 1. The van der Waals surface area contributed by atoms with Crippen LogP contribution in [0.5, 0.6) is 5.75 Å². The van der Waals surface area contributed by atoms with E-state index in [4.69, 9.17) is 0 Å². The predicted octanol–water partition coefficient (Wildman–Crippen LogP) is 0.0573. The molecule has 0 amide bonds. The Kier molecular flexibility index (Phi) is 4.36.